The van der Waals surface area contributed by atoms with Crippen LogP contribution in [0.1, 0.15) is 55.6 Å². The van der Waals surface area contributed by atoms with Crippen molar-refractivity contribution in [1.82, 2.24) is 5.32 Å². The molecule has 0 spiro atoms. The van der Waals surface area contributed by atoms with Crippen molar-refractivity contribution in [3.05, 3.63) is 35.4 Å². The average Bonchev–Trinajstić information content (AvgIpc) is 2.49. The summed E-state index contributed by atoms with van der Waals surface area (Å²) in [7, 11) is 0. The summed E-state index contributed by atoms with van der Waals surface area (Å²) in [5.41, 5.74) is 2.47. The predicted molar refractivity (Wildman–Crippen MR) is 81.2 cm³/mol. The standard InChI is InChI=1S/C17H23NO3/c19-16(20)11-2-1-5-12-18-17(21)15-10-6-8-13-7-3-4-9-14(13)15/h3-4,7,9,15H,1-2,5-6,8,10-12H2,(H,18,21)(H,19,20). The van der Waals surface area contributed by atoms with Gasteiger partial charge in [-0.25, -0.2) is 0 Å². The number of carboxylic acid groups (broad SMARTS) is 1. The third kappa shape index (κ3) is 4.59. The first-order valence-corrected chi connectivity index (χ1v) is 7.76. The molecule has 0 saturated carbocycles. The lowest BCUT2D eigenvalue weighted by Crippen LogP contribution is -2.32. The van der Waals surface area contributed by atoms with Crippen LogP contribution in [0.15, 0.2) is 24.3 Å². The van der Waals surface area contributed by atoms with E-state index in [9.17, 15) is 9.59 Å². The van der Waals surface area contributed by atoms with E-state index in [0.717, 1.165) is 32.1 Å². The molecule has 0 aromatic heterocycles. The molecule has 0 fully saturated rings. The molecule has 1 aromatic carbocycles. The quantitative estimate of drug-likeness (QED) is 0.758. The fraction of sp³-hybridized carbons (Fsp3) is 0.529. The molecule has 2 rings (SSSR count). The van der Waals surface area contributed by atoms with Crippen molar-refractivity contribution in [1.29, 1.82) is 0 Å². The van der Waals surface area contributed by atoms with E-state index in [1.807, 2.05) is 12.1 Å². The first-order valence-electron chi connectivity index (χ1n) is 7.76. The number of carbonyl (C=O) groups excluding carboxylic acids is 1. The van der Waals surface area contributed by atoms with Crippen LogP contribution in [0.4, 0.5) is 0 Å². The second-order valence-electron chi connectivity index (χ2n) is 5.64. The monoisotopic (exact) mass is 289 g/mol. The molecule has 4 nitrogen and oxygen atoms in total. The molecule has 1 unspecified atom stereocenters. The second-order valence-corrected chi connectivity index (χ2v) is 5.64. The number of rotatable bonds is 7. The number of hydrogen-bond acceptors (Lipinski definition) is 2. The van der Waals surface area contributed by atoms with Crippen LogP contribution < -0.4 is 5.32 Å². The zero-order valence-corrected chi connectivity index (χ0v) is 12.3. The van der Waals surface area contributed by atoms with E-state index in [1.54, 1.807) is 0 Å². The topological polar surface area (TPSA) is 66.4 Å². The summed E-state index contributed by atoms with van der Waals surface area (Å²) in [4.78, 5) is 22.7. The minimum absolute atomic E-state index is 0.0195. The Morgan fingerprint density at radius 2 is 2.00 bits per heavy atom. The Bertz CT molecular complexity index is 499. The molecule has 21 heavy (non-hydrogen) atoms. The van der Waals surface area contributed by atoms with Crippen molar-refractivity contribution in [3.8, 4) is 0 Å². The van der Waals surface area contributed by atoms with Crippen LogP contribution in [-0.2, 0) is 16.0 Å². The third-order valence-corrected chi connectivity index (χ3v) is 4.05. The molecule has 1 amide bonds. The summed E-state index contributed by atoms with van der Waals surface area (Å²) < 4.78 is 0. The number of unbranched alkanes of at least 4 members (excludes halogenated alkanes) is 2. The molecule has 0 saturated heterocycles. The normalized spacial score (nSPS) is 17.0. The van der Waals surface area contributed by atoms with Gasteiger partial charge in [0.05, 0.1) is 5.92 Å². The number of aryl methyl sites for hydroxylation is 1. The van der Waals surface area contributed by atoms with Gasteiger partial charge < -0.3 is 10.4 Å². The van der Waals surface area contributed by atoms with E-state index in [-0.39, 0.29) is 18.2 Å². The summed E-state index contributed by atoms with van der Waals surface area (Å²) in [6.07, 6.45) is 5.62. The van der Waals surface area contributed by atoms with Gasteiger partial charge in [0, 0.05) is 13.0 Å². The number of aliphatic carboxylic acids is 1. The Kier molecular flexibility index (Phi) is 5.78. The van der Waals surface area contributed by atoms with Crippen LogP contribution in [0.3, 0.4) is 0 Å². The SMILES string of the molecule is O=C(O)CCCCCNC(=O)C1CCCc2ccccc21. The van der Waals surface area contributed by atoms with Crippen LogP contribution in [-0.4, -0.2) is 23.5 Å². The number of carbonyl (C=O) groups is 2. The molecule has 1 aliphatic rings. The van der Waals surface area contributed by atoms with Gasteiger partial charge in [0.2, 0.25) is 5.91 Å². The number of carboxylic acids is 1. The fourth-order valence-electron chi connectivity index (χ4n) is 2.94. The Balaban J connectivity index is 1.76. The van der Waals surface area contributed by atoms with Gasteiger partial charge in [-0.05, 0) is 43.2 Å². The van der Waals surface area contributed by atoms with E-state index < -0.39 is 5.97 Å². The molecule has 1 aliphatic carbocycles. The zero-order chi connectivity index (χ0) is 15.1. The van der Waals surface area contributed by atoms with Crippen molar-refractivity contribution >= 4 is 11.9 Å². The first-order chi connectivity index (χ1) is 10.2. The molecular formula is C17H23NO3. The maximum atomic E-state index is 12.3. The Labute approximate surface area is 125 Å². The lowest BCUT2D eigenvalue weighted by molar-refractivity contribution is -0.137. The van der Waals surface area contributed by atoms with Crippen molar-refractivity contribution < 1.29 is 14.7 Å². The van der Waals surface area contributed by atoms with E-state index >= 15 is 0 Å². The number of hydrogen-bond donors (Lipinski definition) is 2. The highest BCUT2D eigenvalue weighted by Gasteiger charge is 2.25. The van der Waals surface area contributed by atoms with Crippen LogP contribution in [0.5, 0.6) is 0 Å². The summed E-state index contributed by atoms with van der Waals surface area (Å²) >= 11 is 0. The minimum atomic E-state index is -0.752. The highest BCUT2D eigenvalue weighted by molar-refractivity contribution is 5.84. The van der Waals surface area contributed by atoms with Crippen LogP contribution in [0, 0.1) is 0 Å². The van der Waals surface area contributed by atoms with Gasteiger partial charge in [0.25, 0.3) is 0 Å². The van der Waals surface area contributed by atoms with E-state index in [0.29, 0.717) is 13.0 Å². The average molecular weight is 289 g/mol. The number of amides is 1. The van der Waals surface area contributed by atoms with Gasteiger partial charge in [-0.3, -0.25) is 9.59 Å². The van der Waals surface area contributed by atoms with E-state index in [2.05, 4.69) is 17.4 Å². The highest BCUT2D eigenvalue weighted by atomic mass is 16.4. The van der Waals surface area contributed by atoms with Crippen LogP contribution in [0.25, 0.3) is 0 Å². The molecule has 1 atom stereocenters. The summed E-state index contributed by atoms with van der Waals surface area (Å²) in [6, 6.07) is 8.20. The molecule has 0 radical (unpaired) electrons. The Hall–Kier alpha value is -1.84. The number of nitrogens with one attached hydrogen (secondary N) is 1. The van der Waals surface area contributed by atoms with E-state index in [1.165, 1.54) is 11.1 Å². The van der Waals surface area contributed by atoms with Crippen molar-refractivity contribution in [3.63, 3.8) is 0 Å². The molecule has 114 valence electrons. The van der Waals surface area contributed by atoms with Gasteiger partial charge in [0.15, 0.2) is 0 Å². The molecular weight excluding hydrogens is 266 g/mol. The third-order valence-electron chi connectivity index (χ3n) is 4.05. The largest absolute Gasteiger partial charge is 0.481 e. The Morgan fingerprint density at radius 3 is 2.81 bits per heavy atom. The number of fused-ring (bicyclic) bond motifs is 1. The molecule has 4 heteroatoms. The fourth-order valence-corrected chi connectivity index (χ4v) is 2.94. The highest BCUT2D eigenvalue weighted by Crippen LogP contribution is 2.31. The van der Waals surface area contributed by atoms with Crippen molar-refractivity contribution in [2.45, 2.75) is 50.9 Å². The van der Waals surface area contributed by atoms with Gasteiger partial charge in [-0.1, -0.05) is 30.7 Å². The summed E-state index contributed by atoms with van der Waals surface area (Å²) in [5, 5.41) is 11.5. The van der Waals surface area contributed by atoms with Crippen LogP contribution >= 0.6 is 0 Å². The molecule has 1 aromatic rings. The lowest BCUT2D eigenvalue weighted by Gasteiger charge is -2.24. The molecule has 2 N–H and O–H groups in total. The zero-order valence-electron chi connectivity index (χ0n) is 12.3. The first kappa shape index (κ1) is 15.5. The van der Waals surface area contributed by atoms with Crippen molar-refractivity contribution in [2.75, 3.05) is 6.54 Å². The molecule has 0 heterocycles. The molecule has 0 bridgehead atoms. The maximum absolute atomic E-state index is 12.3. The minimum Gasteiger partial charge on any atom is -0.481 e. The number of benzene rings is 1. The van der Waals surface area contributed by atoms with E-state index in [4.69, 9.17) is 5.11 Å². The summed E-state index contributed by atoms with van der Waals surface area (Å²) in [5.74, 6) is -0.660. The Morgan fingerprint density at radius 1 is 1.19 bits per heavy atom. The van der Waals surface area contributed by atoms with Crippen molar-refractivity contribution in [2.24, 2.45) is 0 Å². The summed E-state index contributed by atoms with van der Waals surface area (Å²) in [6.45, 7) is 0.636. The van der Waals surface area contributed by atoms with Gasteiger partial charge in [-0.2, -0.15) is 0 Å². The van der Waals surface area contributed by atoms with Crippen LogP contribution in [0.2, 0.25) is 0 Å². The predicted octanol–water partition coefficient (Wildman–Crippen LogP) is 2.87. The van der Waals surface area contributed by atoms with Gasteiger partial charge >= 0.3 is 5.97 Å². The van der Waals surface area contributed by atoms with Gasteiger partial charge in [0.1, 0.15) is 0 Å². The van der Waals surface area contributed by atoms with Gasteiger partial charge in [-0.15, -0.1) is 0 Å². The smallest absolute Gasteiger partial charge is 0.303 e. The lowest BCUT2D eigenvalue weighted by atomic mass is 9.82. The maximum Gasteiger partial charge on any atom is 0.303 e. The molecule has 0 aliphatic heterocycles. The second kappa shape index (κ2) is 7.81.